The molecule has 1 amide bonds. The Morgan fingerprint density at radius 1 is 0.738 bits per heavy atom. The smallest absolute Gasteiger partial charge is 0.241 e. The molecule has 6 rings (SSSR count). The number of nitrogens with zero attached hydrogens (tertiary/aromatic N) is 3. The van der Waals surface area contributed by atoms with Crippen molar-refractivity contribution in [2.24, 2.45) is 0 Å². The Morgan fingerprint density at radius 3 is 2.12 bits per heavy atom. The number of thioether (sulfide) groups is 1. The van der Waals surface area contributed by atoms with Gasteiger partial charge in [-0.15, -0.1) is 0 Å². The summed E-state index contributed by atoms with van der Waals surface area (Å²) >= 11 is 1.30. The maximum Gasteiger partial charge on any atom is 0.241 e. The predicted molar refractivity (Wildman–Crippen MR) is 173 cm³/mol. The van der Waals surface area contributed by atoms with Crippen LogP contribution in [0.3, 0.4) is 0 Å². The summed E-state index contributed by atoms with van der Waals surface area (Å²) in [4.78, 5) is 20.7. The zero-order chi connectivity index (χ0) is 28.9. The first kappa shape index (κ1) is 27.0. The summed E-state index contributed by atoms with van der Waals surface area (Å²) < 4.78 is 0. The first-order valence-corrected chi connectivity index (χ1v) is 14.7. The van der Waals surface area contributed by atoms with Gasteiger partial charge in [-0.2, -0.15) is 5.26 Å². The van der Waals surface area contributed by atoms with Gasteiger partial charge in [0.25, 0.3) is 0 Å². The highest BCUT2D eigenvalue weighted by Gasteiger charge is 2.22. The zero-order valence-electron chi connectivity index (χ0n) is 23.1. The fourth-order valence-electron chi connectivity index (χ4n) is 4.98. The van der Waals surface area contributed by atoms with Crippen LogP contribution in [0.25, 0.3) is 33.2 Å². The lowest BCUT2D eigenvalue weighted by atomic mass is 9.99. The van der Waals surface area contributed by atoms with Gasteiger partial charge >= 0.3 is 0 Å². The molecule has 42 heavy (non-hydrogen) atoms. The normalized spacial score (nSPS) is 10.8. The number of fused-ring (bicyclic) bond motifs is 1. The Kier molecular flexibility index (Phi) is 7.81. The van der Waals surface area contributed by atoms with Gasteiger partial charge in [0, 0.05) is 22.5 Å². The fourth-order valence-corrected chi connectivity index (χ4v) is 5.83. The third-order valence-corrected chi connectivity index (χ3v) is 8.08. The van der Waals surface area contributed by atoms with Crippen LogP contribution in [-0.4, -0.2) is 16.6 Å². The quantitative estimate of drug-likeness (QED) is 0.182. The Labute approximate surface area is 249 Å². The van der Waals surface area contributed by atoms with Crippen molar-refractivity contribution in [3.05, 3.63) is 145 Å². The molecule has 1 aromatic heterocycles. The second kappa shape index (κ2) is 12.1. The molecular formula is C37H27N3OS. The third-order valence-electron chi connectivity index (χ3n) is 7.12. The maximum absolute atomic E-state index is 14.0. The van der Waals surface area contributed by atoms with Gasteiger partial charge in [0.05, 0.1) is 17.0 Å². The van der Waals surface area contributed by atoms with Crippen LogP contribution < -0.4 is 4.90 Å². The van der Waals surface area contributed by atoms with E-state index in [2.05, 4.69) is 24.3 Å². The number of pyridine rings is 1. The number of anilines is 2. The van der Waals surface area contributed by atoms with Crippen LogP contribution >= 0.6 is 11.8 Å². The van der Waals surface area contributed by atoms with E-state index in [0.29, 0.717) is 10.6 Å². The molecule has 0 fully saturated rings. The van der Waals surface area contributed by atoms with Gasteiger partial charge < -0.3 is 0 Å². The molecule has 202 valence electrons. The standard InChI is InChI=1S/C37H27N3OS/c1-26-16-18-29(19-17-26)35-23-33(28-11-4-2-5-12-28)34(24-38)37(39-35)42-25-36(41)40(31-14-6-3-7-15-31)32-21-20-27-10-8-9-13-30(27)22-32/h2-23H,25H2,1H3. The van der Waals surface area contributed by atoms with Crippen molar-refractivity contribution in [1.82, 2.24) is 4.98 Å². The molecule has 0 spiro atoms. The fraction of sp³-hybridized carbons (Fsp3) is 0.0541. The van der Waals surface area contributed by atoms with E-state index in [9.17, 15) is 10.1 Å². The lowest BCUT2D eigenvalue weighted by Crippen LogP contribution is -2.27. The number of nitriles is 1. The Morgan fingerprint density at radius 2 is 1.40 bits per heavy atom. The summed E-state index contributed by atoms with van der Waals surface area (Å²) in [5.74, 6) is 0.00351. The zero-order valence-corrected chi connectivity index (χ0v) is 23.9. The first-order chi connectivity index (χ1) is 20.6. The highest BCUT2D eigenvalue weighted by molar-refractivity contribution is 8.00. The molecule has 5 heteroatoms. The minimum absolute atomic E-state index is 0.103. The number of rotatable bonds is 7. The van der Waals surface area contributed by atoms with Crippen LogP contribution in [0.1, 0.15) is 11.1 Å². The van der Waals surface area contributed by atoms with E-state index in [1.54, 1.807) is 4.90 Å². The van der Waals surface area contributed by atoms with Crippen molar-refractivity contribution >= 4 is 39.8 Å². The van der Waals surface area contributed by atoms with Crippen LogP contribution in [-0.2, 0) is 4.79 Å². The van der Waals surface area contributed by atoms with Crippen molar-refractivity contribution in [3.8, 4) is 28.5 Å². The summed E-state index contributed by atoms with van der Waals surface area (Å²) in [5.41, 5.74) is 6.64. The topological polar surface area (TPSA) is 57.0 Å². The van der Waals surface area contributed by atoms with Crippen LogP contribution in [0.2, 0.25) is 0 Å². The number of amides is 1. The van der Waals surface area contributed by atoms with E-state index in [-0.39, 0.29) is 11.7 Å². The van der Waals surface area contributed by atoms with Gasteiger partial charge in [-0.05, 0) is 53.6 Å². The van der Waals surface area contributed by atoms with E-state index in [1.807, 2.05) is 122 Å². The van der Waals surface area contributed by atoms with Crippen LogP contribution in [0.15, 0.2) is 138 Å². The largest absolute Gasteiger partial charge is 0.280 e. The van der Waals surface area contributed by atoms with Crippen molar-refractivity contribution in [2.75, 3.05) is 10.7 Å². The Balaban J connectivity index is 1.39. The van der Waals surface area contributed by atoms with Gasteiger partial charge in [0.2, 0.25) is 5.91 Å². The molecule has 0 aliphatic rings. The van der Waals surface area contributed by atoms with Crippen molar-refractivity contribution in [2.45, 2.75) is 11.9 Å². The van der Waals surface area contributed by atoms with E-state index in [4.69, 9.17) is 4.98 Å². The monoisotopic (exact) mass is 561 g/mol. The van der Waals surface area contributed by atoms with Crippen molar-refractivity contribution < 1.29 is 4.79 Å². The van der Waals surface area contributed by atoms with E-state index >= 15 is 0 Å². The molecule has 1 heterocycles. The molecule has 0 bridgehead atoms. The second-order valence-electron chi connectivity index (χ2n) is 9.96. The van der Waals surface area contributed by atoms with E-state index in [1.165, 1.54) is 11.8 Å². The SMILES string of the molecule is Cc1ccc(-c2cc(-c3ccccc3)c(C#N)c(SCC(=O)N(c3ccccc3)c3ccc4ccccc4c3)n2)cc1. The number of para-hydroxylation sites is 1. The molecule has 0 N–H and O–H groups in total. The number of hydrogen-bond acceptors (Lipinski definition) is 4. The van der Waals surface area contributed by atoms with Gasteiger partial charge in [-0.1, -0.05) is 120 Å². The van der Waals surface area contributed by atoms with Crippen LogP contribution in [0.4, 0.5) is 11.4 Å². The number of aromatic nitrogens is 1. The Bertz CT molecular complexity index is 1910. The highest BCUT2D eigenvalue weighted by atomic mass is 32.2. The summed E-state index contributed by atoms with van der Waals surface area (Å²) in [5, 5.41) is 13.0. The number of carbonyl (C=O) groups excluding carboxylic acids is 1. The highest BCUT2D eigenvalue weighted by Crippen LogP contribution is 2.36. The molecule has 6 aromatic rings. The average molecular weight is 562 g/mol. The van der Waals surface area contributed by atoms with Gasteiger partial charge in [-0.25, -0.2) is 4.98 Å². The number of hydrogen-bond donors (Lipinski definition) is 0. The third kappa shape index (κ3) is 5.67. The molecule has 0 aliphatic carbocycles. The molecule has 0 radical (unpaired) electrons. The van der Waals surface area contributed by atoms with Crippen molar-refractivity contribution in [1.29, 1.82) is 5.26 Å². The van der Waals surface area contributed by atoms with Crippen LogP contribution in [0.5, 0.6) is 0 Å². The minimum Gasteiger partial charge on any atom is -0.280 e. The van der Waals surface area contributed by atoms with E-state index in [0.717, 1.165) is 50.1 Å². The number of aryl methyl sites for hydroxylation is 1. The van der Waals surface area contributed by atoms with Crippen LogP contribution in [0, 0.1) is 18.3 Å². The molecule has 0 atom stereocenters. The molecule has 0 unspecified atom stereocenters. The second-order valence-corrected chi connectivity index (χ2v) is 10.9. The van der Waals surface area contributed by atoms with Gasteiger partial charge in [0.15, 0.2) is 0 Å². The molecule has 4 nitrogen and oxygen atoms in total. The number of carbonyl (C=O) groups is 1. The minimum atomic E-state index is -0.103. The maximum atomic E-state index is 14.0. The summed E-state index contributed by atoms with van der Waals surface area (Å²) in [6, 6.07) is 46.2. The molecule has 0 aliphatic heterocycles. The molecular weight excluding hydrogens is 534 g/mol. The van der Waals surface area contributed by atoms with E-state index < -0.39 is 0 Å². The lowest BCUT2D eigenvalue weighted by molar-refractivity contribution is -0.115. The summed E-state index contributed by atoms with van der Waals surface area (Å²) in [7, 11) is 0. The predicted octanol–water partition coefficient (Wildman–Crippen LogP) is 9.21. The lowest BCUT2D eigenvalue weighted by Gasteiger charge is -2.23. The van der Waals surface area contributed by atoms with Gasteiger partial charge in [0.1, 0.15) is 11.1 Å². The molecule has 0 saturated carbocycles. The van der Waals surface area contributed by atoms with Crippen molar-refractivity contribution in [3.63, 3.8) is 0 Å². The summed E-state index contributed by atoms with van der Waals surface area (Å²) in [6.45, 7) is 2.05. The summed E-state index contributed by atoms with van der Waals surface area (Å²) in [6.07, 6.45) is 0. The first-order valence-electron chi connectivity index (χ1n) is 13.7. The molecule has 5 aromatic carbocycles. The average Bonchev–Trinajstić information content (AvgIpc) is 3.04. The molecule has 0 saturated heterocycles. The Hall–Kier alpha value is -5.18. The number of benzene rings is 5. The van der Waals surface area contributed by atoms with Gasteiger partial charge in [-0.3, -0.25) is 9.69 Å².